The molecule has 0 aliphatic heterocycles. The molecule has 0 spiro atoms. The van der Waals surface area contributed by atoms with E-state index < -0.39 is 17.6 Å². The highest BCUT2D eigenvalue weighted by Crippen LogP contribution is 2.34. The molecule has 19 heavy (non-hydrogen) atoms. The summed E-state index contributed by atoms with van der Waals surface area (Å²) in [6.07, 6.45) is -4.02. The molecule has 0 aromatic heterocycles. The minimum Gasteiger partial charge on any atom is -0.342 e. The Bertz CT molecular complexity index is 463. The van der Waals surface area contributed by atoms with Crippen LogP contribution < -0.4 is 5.73 Å². The number of benzene rings is 1. The highest BCUT2D eigenvalue weighted by Gasteiger charge is 2.35. The summed E-state index contributed by atoms with van der Waals surface area (Å²) in [5, 5.41) is 0. The lowest BCUT2D eigenvalue weighted by atomic mass is 10.1. The van der Waals surface area contributed by atoms with Crippen LogP contribution in [0.1, 0.15) is 22.3 Å². The molecule has 1 aromatic carbocycles. The van der Waals surface area contributed by atoms with Gasteiger partial charge in [0.15, 0.2) is 0 Å². The number of carbonyl (C=O) groups is 1. The molecule has 7 heteroatoms. The van der Waals surface area contributed by atoms with E-state index in [1.165, 1.54) is 24.1 Å². The van der Waals surface area contributed by atoms with Crippen LogP contribution in [0.25, 0.3) is 0 Å². The Morgan fingerprint density at radius 2 is 2.05 bits per heavy atom. The van der Waals surface area contributed by atoms with Crippen molar-refractivity contribution < 1.29 is 18.0 Å². The van der Waals surface area contributed by atoms with Crippen LogP contribution >= 0.6 is 15.9 Å². The van der Waals surface area contributed by atoms with E-state index in [0.29, 0.717) is 19.5 Å². The second kappa shape index (κ2) is 6.38. The van der Waals surface area contributed by atoms with Crippen LogP contribution in [-0.4, -0.2) is 30.9 Å². The smallest absolute Gasteiger partial charge is 0.342 e. The van der Waals surface area contributed by atoms with Gasteiger partial charge in [-0.25, -0.2) is 0 Å². The lowest BCUT2D eigenvalue weighted by Crippen LogP contribution is -2.30. The van der Waals surface area contributed by atoms with Gasteiger partial charge < -0.3 is 10.6 Å². The first kappa shape index (κ1) is 16.0. The first-order valence-corrected chi connectivity index (χ1v) is 6.39. The highest BCUT2D eigenvalue weighted by molar-refractivity contribution is 9.10. The normalized spacial score (nSPS) is 11.5. The molecule has 0 bridgehead atoms. The predicted octanol–water partition coefficient (Wildman–Crippen LogP) is 2.89. The number of alkyl halides is 3. The van der Waals surface area contributed by atoms with Crippen LogP contribution in [0.3, 0.4) is 0 Å². The fourth-order valence-corrected chi connectivity index (χ4v) is 1.93. The average Bonchev–Trinajstić information content (AvgIpc) is 2.34. The Hall–Kier alpha value is -1.08. The third kappa shape index (κ3) is 4.21. The molecule has 0 aliphatic rings. The maximum absolute atomic E-state index is 12.9. The van der Waals surface area contributed by atoms with Crippen LogP contribution in [-0.2, 0) is 6.18 Å². The molecule has 2 N–H and O–H groups in total. The molecule has 0 aliphatic carbocycles. The molecule has 0 atom stereocenters. The van der Waals surface area contributed by atoms with Gasteiger partial charge in [0.25, 0.3) is 5.91 Å². The Labute approximate surface area is 117 Å². The van der Waals surface area contributed by atoms with Gasteiger partial charge in [-0.2, -0.15) is 13.2 Å². The van der Waals surface area contributed by atoms with E-state index in [1.807, 2.05) is 0 Å². The number of hydrogen-bond acceptors (Lipinski definition) is 2. The molecule has 1 aromatic rings. The van der Waals surface area contributed by atoms with Crippen molar-refractivity contribution in [2.24, 2.45) is 5.73 Å². The van der Waals surface area contributed by atoms with E-state index in [4.69, 9.17) is 5.73 Å². The SMILES string of the molecule is CN(CCCN)C(=O)c1ccc(Br)cc1C(F)(F)F. The maximum atomic E-state index is 12.9. The Morgan fingerprint density at radius 3 is 2.58 bits per heavy atom. The van der Waals surface area contributed by atoms with E-state index in [9.17, 15) is 18.0 Å². The fraction of sp³-hybridized carbons (Fsp3) is 0.417. The molecule has 0 unspecified atom stereocenters. The van der Waals surface area contributed by atoms with Crippen molar-refractivity contribution in [3.05, 3.63) is 33.8 Å². The van der Waals surface area contributed by atoms with E-state index in [0.717, 1.165) is 6.07 Å². The van der Waals surface area contributed by atoms with Crippen LogP contribution in [0, 0.1) is 0 Å². The summed E-state index contributed by atoms with van der Waals surface area (Å²) in [5.74, 6) is -0.659. The van der Waals surface area contributed by atoms with Crippen LogP contribution in [0.15, 0.2) is 22.7 Å². The van der Waals surface area contributed by atoms with Crippen LogP contribution in [0.2, 0.25) is 0 Å². The summed E-state index contributed by atoms with van der Waals surface area (Å²) in [6.45, 7) is 0.701. The maximum Gasteiger partial charge on any atom is 0.417 e. The number of rotatable bonds is 4. The Balaban J connectivity index is 3.09. The lowest BCUT2D eigenvalue weighted by molar-refractivity contribution is -0.138. The number of halogens is 4. The third-order valence-electron chi connectivity index (χ3n) is 2.56. The topological polar surface area (TPSA) is 46.3 Å². The minimum absolute atomic E-state index is 0.279. The summed E-state index contributed by atoms with van der Waals surface area (Å²) in [4.78, 5) is 13.2. The van der Waals surface area contributed by atoms with Gasteiger partial charge in [0, 0.05) is 18.1 Å². The third-order valence-corrected chi connectivity index (χ3v) is 3.06. The van der Waals surface area contributed by atoms with Gasteiger partial charge in [0.2, 0.25) is 0 Å². The molecule has 0 saturated carbocycles. The minimum atomic E-state index is -4.57. The zero-order valence-corrected chi connectivity index (χ0v) is 11.9. The summed E-state index contributed by atoms with van der Waals surface area (Å²) >= 11 is 2.98. The first-order chi connectivity index (χ1) is 8.77. The Morgan fingerprint density at radius 1 is 1.42 bits per heavy atom. The van der Waals surface area contributed by atoms with Crippen molar-refractivity contribution in [2.75, 3.05) is 20.1 Å². The molecular weight excluding hydrogens is 325 g/mol. The molecule has 0 heterocycles. The lowest BCUT2D eigenvalue weighted by Gasteiger charge is -2.19. The van der Waals surface area contributed by atoms with Crippen molar-refractivity contribution in [3.8, 4) is 0 Å². The van der Waals surface area contributed by atoms with Gasteiger partial charge in [-0.15, -0.1) is 0 Å². The van der Waals surface area contributed by atoms with Crippen molar-refractivity contribution in [2.45, 2.75) is 12.6 Å². The van der Waals surface area contributed by atoms with Gasteiger partial charge in [-0.05, 0) is 31.2 Å². The number of hydrogen-bond donors (Lipinski definition) is 1. The average molecular weight is 339 g/mol. The monoisotopic (exact) mass is 338 g/mol. The summed E-state index contributed by atoms with van der Waals surface area (Å²) < 4.78 is 39.0. The molecule has 1 rings (SSSR count). The van der Waals surface area contributed by atoms with Gasteiger partial charge in [-0.1, -0.05) is 15.9 Å². The van der Waals surface area contributed by atoms with Gasteiger partial charge >= 0.3 is 6.18 Å². The van der Waals surface area contributed by atoms with E-state index in [2.05, 4.69) is 15.9 Å². The second-order valence-corrected chi connectivity index (χ2v) is 4.97. The van der Waals surface area contributed by atoms with E-state index in [-0.39, 0.29) is 10.0 Å². The number of carbonyl (C=O) groups excluding carboxylic acids is 1. The first-order valence-electron chi connectivity index (χ1n) is 5.59. The molecule has 0 radical (unpaired) electrons. The predicted molar refractivity (Wildman–Crippen MR) is 69.8 cm³/mol. The standard InChI is InChI=1S/C12H14BrF3N2O/c1-18(6-2-5-17)11(19)9-4-3-8(13)7-10(9)12(14,15)16/h3-4,7H,2,5-6,17H2,1H3. The number of amides is 1. The van der Waals surface area contributed by atoms with Crippen molar-refractivity contribution in [3.63, 3.8) is 0 Å². The number of nitrogens with zero attached hydrogens (tertiary/aromatic N) is 1. The molecule has 3 nitrogen and oxygen atoms in total. The number of nitrogens with two attached hydrogens (primary N) is 1. The molecule has 1 amide bonds. The summed E-state index contributed by atoms with van der Waals surface area (Å²) in [5.41, 5.74) is 4.02. The van der Waals surface area contributed by atoms with Crippen molar-refractivity contribution in [1.82, 2.24) is 4.90 Å². The van der Waals surface area contributed by atoms with Crippen molar-refractivity contribution >= 4 is 21.8 Å². The highest BCUT2D eigenvalue weighted by atomic mass is 79.9. The second-order valence-electron chi connectivity index (χ2n) is 4.06. The van der Waals surface area contributed by atoms with E-state index in [1.54, 1.807) is 0 Å². The van der Waals surface area contributed by atoms with E-state index >= 15 is 0 Å². The van der Waals surface area contributed by atoms with Gasteiger partial charge in [-0.3, -0.25) is 4.79 Å². The largest absolute Gasteiger partial charge is 0.417 e. The Kier molecular flexibility index (Phi) is 5.37. The van der Waals surface area contributed by atoms with Crippen molar-refractivity contribution in [1.29, 1.82) is 0 Å². The van der Waals surface area contributed by atoms with Crippen LogP contribution in [0.5, 0.6) is 0 Å². The quantitative estimate of drug-likeness (QED) is 0.917. The molecular formula is C12H14BrF3N2O. The molecule has 106 valence electrons. The summed E-state index contributed by atoms with van der Waals surface area (Å²) in [7, 11) is 1.46. The van der Waals surface area contributed by atoms with Crippen LogP contribution in [0.4, 0.5) is 13.2 Å². The fourth-order valence-electron chi connectivity index (χ4n) is 1.57. The zero-order chi connectivity index (χ0) is 14.6. The summed E-state index contributed by atoms with van der Waals surface area (Å²) in [6, 6.07) is 3.50. The molecule has 0 saturated heterocycles. The zero-order valence-electron chi connectivity index (χ0n) is 10.3. The molecule has 0 fully saturated rings. The van der Waals surface area contributed by atoms with Gasteiger partial charge in [0.05, 0.1) is 11.1 Å². The van der Waals surface area contributed by atoms with Gasteiger partial charge in [0.1, 0.15) is 0 Å².